The number of rotatable bonds is 3. The van der Waals surface area contributed by atoms with Gasteiger partial charge in [-0.15, -0.1) is 0 Å². The van der Waals surface area contributed by atoms with E-state index in [1.54, 1.807) is 0 Å². The van der Waals surface area contributed by atoms with Crippen LogP contribution in [0.4, 0.5) is 4.79 Å². The first kappa shape index (κ1) is 21.8. The summed E-state index contributed by atoms with van der Waals surface area (Å²) in [6, 6.07) is 0. The molecule has 0 amide bonds. The molecular weight excluding hydrogens is 372 g/mol. The third-order valence-corrected chi connectivity index (χ3v) is 8.19. The summed E-state index contributed by atoms with van der Waals surface area (Å²) in [6.07, 6.45) is 6.69. The van der Waals surface area contributed by atoms with E-state index >= 15 is 0 Å². The van der Waals surface area contributed by atoms with Crippen LogP contribution in [0.15, 0.2) is 11.6 Å². The first-order chi connectivity index (χ1) is 13.6. The van der Waals surface area contributed by atoms with E-state index in [0.717, 1.165) is 19.3 Å². The summed E-state index contributed by atoms with van der Waals surface area (Å²) in [7, 11) is 2.61. The van der Waals surface area contributed by atoms with E-state index in [9.17, 15) is 14.4 Å². The van der Waals surface area contributed by atoms with Crippen molar-refractivity contribution in [3.05, 3.63) is 11.6 Å². The number of fused-ring (bicyclic) bond motifs is 3. The number of methoxy groups -OCH3 is 2. The number of ketones is 1. The molecule has 0 aliphatic heterocycles. The normalized spacial score (nSPS) is 36.0. The molecular formula is C23H34O6. The average Bonchev–Trinajstić information content (AvgIpc) is 2.82. The van der Waals surface area contributed by atoms with Crippen molar-refractivity contribution < 1.29 is 28.6 Å². The van der Waals surface area contributed by atoms with E-state index in [1.807, 2.05) is 6.08 Å². The summed E-state index contributed by atoms with van der Waals surface area (Å²) in [6.45, 7) is 6.98. The lowest BCUT2D eigenvalue weighted by Gasteiger charge is -2.62. The Hall–Kier alpha value is -1.85. The van der Waals surface area contributed by atoms with Gasteiger partial charge < -0.3 is 14.2 Å². The molecule has 3 aliphatic rings. The van der Waals surface area contributed by atoms with Crippen LogP contribution < -0.4 is 0 Å². The second-order valence-electron chi connectivity index (χ2n) is 9.95. The van der Waals surface area contributed by atoms with Gasteiger partial charge in [0.15, 0.2) is 0 Å². The Morgan fingerprint density at radius 1 is 1.07 bits per heavy atom. The van der Waals surface area contributed by atoms with Gasteiger partial charge in [-0.25, -0.2) is 9.59 Å². The lowest BCUT2D eigenvalue weighted by atomic mass is 9.42. The number of allylic oxidation sites excluding steroid dienone is 1. The topological polar surface area (TPSA) is 78.9 Å². The molecule has 0 radical (unpaired) electrons. The fourth-order valence-corrected chi connectivity index (χ4v) is 6.81. The Balaban J connectivity index is 2.05. The Morgan fingerprint density at radius 3 is 2.45 bits per heavy atom. The van der Waals surface area contributed by atoms with Gasteiger partial charge in [0.05, 0.1) is 19.6 Å². The molecule has 29 heavy (non-hydrogen) atoms. The van der Waals surface area contributed by atoms with Crippen LogP contribution in [0.3, 0.4) is 0 Å². The zero-order chi connectivity index (χ0) is 21.4. The van der Waals surface area contributed by atoms with E-state index in [2.05, 4.69) is 25.5 Å². The first-order valence-corrected chi connectivity index (χ1v) is 10.6. The van der Waals surface area contributed by atoms with Crippen molar-refractivity contribution in [1.29, 1.82) is 0 Å². The van der Waals surface area contributed by atoms with Crippen LogP contribution in [0.5, 0.6) is 0 Å². The molecule has 0 saturated heterocycles. The van der Waals surface area contributed by atoms with Gasteiger partial charge >= 0.3 is 12.1 Å². The highest BCUT2D eigenvalue weighted by Gasteiger charge is 2.62. The number of esters is 1. The molecule has 2 fully saturated rings. The smallest absolute Gasteiger partial charge is 0.466 e. The van der Waals surface area contributed by atoms with E-state index in [4.69, 9.17) is 9.47 Å². The summed E-state index contributed by atoms with van der Waals surface area (Å²) in [5, 5.41) is 0. The number of Topliss-reactive ketones (excluding diaryl/α,β-unsaturated/α-hetero) is 1. The van der Waals surface area contributed by atoms with Gasteiger partial charge in [-0.1, -0.05) is 33.3 Å². The Bertz CT molecular complexity index is 723. The number of ether oxygens (including phenoxy) is 3. The highest BCUT2D eigenvalue weighted by molar-refractivity contribution is 5.98. The summed E-state index contributed by atoms with van der Waals surface area (Å²) < 4.78 is 15.0. The van der Waals surface area contributed by atoms with Gasteiger partial charge in [0.2, 0.25) is 0 Å². The van der Waals surface area contributed by atoms with Crippen molar-refractivity contribution >= 4 is 17.9 Å². The van der Waals surface area contributed by atoms with Gasteiger partial charge in [0.25, 0.3) is 0 Å². The van der Waals surface area contributed by atoms with E-state index < -0.39 is 17.5 Å². The third-order valence-electron chi connectivity index (χ3n) is 8.19. The van der Waals surface area contributed by atoms with Crippen molar-refractivity contribution in [1.82, 2.24) is 0 Å². The quantitative estimate of drug-likeness (QED) is 0.644. The van der Waals surface area contributed by atoms with Crippen molar-refractivity contribution in [2.24, 2.45) is 28.1 Å². The minimum Gasteiger partial charge on any atom is -0.466 e. The number of carbonyl (C=O) groups is 3. The molecule has 0 spiro atoms. The fourth-order valence-electron chi connectivity index (χ4n) is 6.81. The molecule has 3 rings (SSSR count). The van der Waals surface area contributed by atoms with Gasteiger partial charge in [-0.05, 0) is 54.8 Å². The lowest BCUT2D eigenvalue weighted by molar-refractivity contribution is -0.167. The summed E-state index contributed by atoms with van der Waals surface area (Å²) >= 11 is 0. The van der Waals surface area contributed by atoms with Crippen LogP contribution in [0.1, 0.15) is 65.7 Å². The molecule has 3 aliphatic carbocycles. The standard InChI is InChI=1S/C23H34O6/c1-21(2)10-6-11-22(3)16(21)9-12-23(14-29-20(26)28-5)17(22)8-7-15(13-18(23)24)19(25)27-4/h7,16-17H,6,8-14H2,1-5H3/t16?,17?,22?,23-/m0/s1. The third kappa shape index (κ3) is 3.59. The minimum absolute atomic E-state index is 0.00707. The van der Waals surface area contributed by atoms with Crippen molar-refractivity contribution in [2.45, 2.75) is 65.7 Å². The number of hydrogen-bond donors (Lipinski definition) is 0. The number of hydrogen-bond acceptors (Lipinski definition) is 6. The van der Waals surface area contributed by atoms with Crippen LogP contribution >= 0.6 is 0 Å². The second-order valence-corrected chi connectivity index (χ2v) is 9.95. The zero-order valence-corrected chi connectivity index (χ0v) is 18.3. The Kier molecular flexibility index (Phi) is 5.85. The molecule has 0 aromatic rings. The maximum Gasteiger partial charge on any atom is 0.508 e. The highest BCUT2D eigenvalue weighted by atomic mass is 16.7. The molecule has 6 nitrogen and oxygen atoms in total. The van der Waals surface area contributed by atoms with Crippen molar-refractivity contribution in [3.63, 3.8) is 0 Å². The SMILES string of the molecule is COC(=O)OC[C@@]12CCC3C(C)(C)CCCC3(C)C1CC=C(C(=O)OC)CC2=O. The molecule has 0 aromatic carbocycles. The Labute approximate surface area is 173 Å². The maximum atomic E-state index is 13.6. The minimum atomic E-state index is -0.793. The monoisotopic (exact) mass is 406 g/mol. The average molecular weight is 407 g/mol. The van der Waals surface area contributed by atoms with Crippen LogP contribution in [-0.4, -0.2) is 38.7 Å². The molecule has 3 unspecified atom stereocenters. The van der Waals surface area contributed by atoms with E-state index in [0.29, 0.717) is 24.3 Å². The molecule has 0 N–H and O–H groups in total. The molecule has 0 heterocycles. The molecule has 0 aromatic heterocycles. The lowest BCUT2D eigenvalue weighted by Crippen LogP contribution is -2.59. The highest BCUT2D eigenvalue weighted by Crippen LogP contribution is 2.66. The predicted octanol–water partition coefficient (Wildman–Crippen LogP) is 4.46. The molecule has 4 atom stereocenters. The van der Waals surface area contributed by atoms with Crippen molar-refractivity contribution in [2.75, 3.05) is 20.8 Å². The second kappa shape index (κ2) is 7.77. The van der Waals surface area contributed by atoms with Gasteiger partial charge in [0.1, 0.15) is 12.4 Å². The largest absolute Gasteiger partial charge is 0.508 e. The summed E-state index contributed by atoms with van der Waals surface area (Å²) in [5.41, 5.74) is -0.234. The summed E-state index contributed by atoms with van der Waals surface area (Å²) in [4.78, 5) is 37.6. The zero-order valence-electron chi connectivity index (χ0n) is 18.3. The molecule has 2 saturated carbocycles. The molecule has 0 bridgehead atoms. The van der Waals surface area contributed by atoms with E-state index in [-0.39, 0.29) is 35.6 Å². The molecule has 6 heteroatoms. The predicted molar refractivity (Wildman–Crippen MR) is 107 cm³/mol. The van der Waals surface area contributed by atoms with Crippen LogP contribution in [0.25, 0.3) is 0 Å². The number of carbonyl (C=O) groups excluding carboxylic acids is 3. The van der Waals surface area contributed by atoms with Gasteiger partial charge in [0, 0.05) is 12.0 Å². The van der Waals surface area contributed by atoms with Gasteiger partial charge in [-0.3, -0.25) is 4.79 Å². The van der Waals surface area contributed by atoms with Crippen molar-refractivity contribution in [3.8, 4) is 0 Å². The summed E-state index contributed by atoms with van der Waals surface area (Å²) in [5.74, 6) is 0.0174. The van der Waals surface area contributed by atoms with Crippen LogP contribution in [0, 0.1) is 28.1 Å². The Morgan fingerprint density at radius 2 is 1.79 bits per heavy atom. The van der Waals surface area contributed by atoms with Crippen LogP contribution in [0.2, 0.25) is 0 Å². The fraction of sp³-hybridized carbons (Fsp3) is 0.783. The molecule has 162 valence electrons. The first-order valence-electron chi connectivity index (χ1n) is 10.6. The van der Waals surface area contributed by atoms with Crippen LogP contribution in [-0.2, 0) is 23.8 Å². The van der Waals surface area contributed by atoms with Gasteiger partial charge in [-0.2, -0.15) is 0 Å². The van der Waals surface area contributed by atoms with E-state index in [1.165, 1.54) is 20.6 Å². The maximum absolute atomic E-state index is 13.6.